The van der Waals surface area contributed by atoms with Gasteiger partial charge in [-0.2, -0.15) is 0 Å². The monoisotopic (exact) mass is 227 g/mol. The molecule has 1 aromatic heterocycles. The molecule has 16 heavy (non-hydrogen) atoms. The largest absolute Gasteiger partial charge is 1.00 e. The molecule has 6 heteroatoms. The summed E-state index contributed by atoms with van der Waals surface area (Å²) < 4.78 is 5.05. The Balaban J connectivity index is 0.00000128. The van der Waals surface area contributed by atoms with Gasteiger partial charge >= 0.3 is 29.6 Å². The Morgan fingerprint density at radius 2 is 2.00 bits per heavy atom. The summed E-state index contributed by atoms with van der Waals surface area (Å²) >= 11 is 0. The standard InChI is InChI=1S/C10H6NO4.Na/c12-9-6-3-1-2-4-8(6)15-5-7(9)10(13)11-14;/h1-5H,(H-,11,13,14);/q-1;+1. The first-order valence-electron chi connectivity index (χ1n) is 4.17. The quantitative estimate of drug-likeness (QED) is 0.452. The number of rotatable bonds is 1. The smallest absolute Gasteiger partial charge is 0.759 e. The first kappa shape index (κ1) is 12.9. The number of carbonyl (C=O) groups is 1. The van der Waals surface area contributed by atoms with Crippen molar-refractivity contribution in [3.8, 4) is 0 Å². The third kappa shape index (κ3) is 2.17. The molecule has 0 aliphatic heterocycles. The van der Waals surface area contributed by atoms with E-state index in [2.05, 4.69) is 0 Å². The van der Waals surface area contributed by atoms with Crippen molar-refractivity contribution in [2.45, 2.75) is 0 Å². The number of hydrogen-bond donors (Lipinski definition) is 1. The van der Waals surface area contributed by atoms with Crippen molar-refractivity contribution >= 4 is 16.9 Å². The van der Waals surface area contributed by atoms with Crippen LogP contribution in [0.25, 0.3) is 11.0 Å². The van der Waals surface area contributed by atoms with Crippen LogP contribution in [0.1, 0.15) is 10.4 Å². The first-order chi connectivity index (χ1) is 7.24. The van der Waals surface area contributed by atoms with E-state index < -0.39 is 11.3 Å². The number of amides is 1. The summed E-state index contributed by atoms with van der Waals surface area (Å²) in [6.45, 7) is 0. The summed E-state index contributed by atoms with van der Waals surface area (Å²) in [5.74, 6) is -0.991. The van der Waals surface area contributed by atoms with Crippen LogP contribution in [0.4, 0.5) is 0 Å². The molecule has 0 unspecified atom stereocenters. The van der Waals surface area contributed by atoms with Gasteiger partial charge in [-0.25, -0.2) is 0 Å². The van der Waals surface area contributed by atoms with Crippen LogP contribution in [0.15, 0.2) is 39.7 Å². The van der Waals surface area contributed by atoms with E-state index in [0.717, 1.165) is 11.7 Å². The van der Waals surface area contributed by atoms with Gasteiger partial charge in [-0.1, -0.05) is 12.1 Å². The van der Waals surface area contributed by atoms with Crippen molar-refractivity contribution in [2.24, 2.45) is 0 Å². The summed E-state index contributed by atoms with van der Waals surface area (Å²) in [6, 6.07) is 6.50. The van der Waals surface area contributed by atoms with Crippen LogP contribution in [0.2, 0.25) is 0 Å². The fraction of sp³-hybridized carbons (Fsp3) is 0. The molecule has 0 saturated carbocycles. The van der Waals surface area contributed by atoms with Crippen molar-refractivity contribution in [1.82, 2.24) is 5.48 Å². The van der Waals surface area contributed by atoms with E-state index in [9.17, 15) is 14.8 Å². The van der Waals surface area contributed by atoms with Crippen molar-refractivity contribution in [3.05, 3.63) is 51.5 Å². The Bertz CT molecular complexity index is 578. The molecule has 0 radical (unpaired) electrons. The van der Waals surface area contributed by atoms with Gasteiger partial charge in [0, 0.05) is 0 Å². The Morgan fingerprint density at radius 3 is 2.69 bits per heavy atom. The molecule has 0 aliphatic carbocycles. The van der Waals surface area contributed by atoms with E-state index in [0.29, 0.717) is 5.58 Å². The van der Waals surface area contributed by atoms with Gasteiger partial charge in [0.2, 0.25) is 11.3 Å². The van der Waals surface area contributed by atoms with Crippen LogP contribution >= 0.6 is 0 Å². The van der Waals surface area contributed by atoms with Crippen molar-refractivity contribution in [3.63, 3.8) is 0 Å². The second-order valence-electron chi connectivity index (χ2n) is 2.91. The molecule has 2 rings (SSSR count). The van der Waals surface area contributed by atoms with Crippen LogP contribution in [0.3, 0.4) is 0 Å². The molecular weight excluding hydrogens is 221 g/mol. The van der Waals surface area contributed by atoms with Gasteiger partial charge in [0.1, 0.15) is 17.4 Å². The number of carbonyl (C=O) groups excluding carboxylic acids is 1. The molecule has 1 aromatic carbocycles. The predicted octanol–water partition coefficient (Wildman–Crippen LogP) is -1.98. The summed E-state index contributed by atoms with van der Waals surface area (Å²) in [7, 11) is 0. The van der Waals surface area contributed by atoms with E-state index in [1.54, 1.807) is 18.2 Å². The normalized spacial score (nSPS) is 9.56. The van der Waals surface area contributed by atoms with Crippen LogP contribution in [0.5, 0.6) is 0 Å². The zero-order valence-corrected chi connectivity index (χ0v) is 10.5. The third-order valence-electron chi connectivity index (χ3n) is 2.02. The van der Waals surface area contributed by atoms with Gasteiger partial charge in [0.25, 0.3) is 0 Å². The Hall–Kier alpha value is -1.14. The number of para-hydroxylation sites is 1. The average molecular weight is 227 g/mol. The van der Waals surface area contributed by atoms with E-state index >= 15 is 0 Å². The molecule has 2 aromatic rings. The van der Waals surface area contributed by atoms with Gasteiger partial charge in [-0.05, 0) is 12.1 Å². The van der Waals surface area contributed by atoms with Crippen LogP contribution in [-0.2, 0) is 0 Å². The zero-order valence-electron chi connectivity index (χ0n) is 8.52. The maximum atomic E-state index is 11.7. The molecule has 0 spiro atoms. The molecule has 1 N–H and O–H groups in total. The SMILES string of the molecule is O=C(N[O-])c1coc2ccccc2c1=O.[Na+]. The molecule has 76 valence electrons. The van der Waals surface area contributed by atoms with Gasteiger partial charge in [-0.15, -0.1) is 0 Å². The molecule has 5 nitrogen and oxygen atoms in total. The maximum absolute atomic E-state index is 11.7. The molecule has 0 saturated heterocycles. The molecule has 0 aliphatic rings. The van der Waals surface area contributed by atoms with Crippen molar-refractivity contribution in [2.75, 3.05) is 0 Å². The van der Waals surface area contributed by atoms with E-state index in [1.807, 2.05) is 0 Å². The molecular formula is C10H6NNaO4. The molecule has 0 fully saturated rings. The summed E-state index contributed by atoms with van der Waals surface area (Å²) in [6.07, 6.45) is 0.984. The summed E-state index contributed by atoms with van der Waals surface area (Å²) in [5, 5.41) is 10.4. The summed E-state index contributed by atoms with van der Waals surface area (Å²) in [4.78, 5) is 22.7. The van der Waals surface area contributed by atoms with Gasteiger partial charge < -0.3 is 15.1 Å². The maximum Gasteiger partial charge on any atom is 1.00 e. The molecule has 0 bridgehead atoms. The predicted molar refractivity (Wildman–Crippen MR) is 53.3 cm³/mol. The average Bonchev–Trinajstić information content (AvgIpc) is 2.29. The van der Waals surface area contributed by atoms with Crippen LogP contribution < -0.4 is 40.5 Å². The molecule has 0 atom stereocenters. The third-order valence-corrected chi connectivity index (χ3v) is 2.02. The first-order valence-corrected chi connectivity index (χ1v) is 4.17. The number of hydrogen-bond acceptors (Lipinski definition) is 4. The number of nitrogens with one attached hydrogen (secondary N) is 1. The minimum absolute atomic E-state index is 0. The number of fused-ring (bicyclic) bond motifs is 1. The topological polar surface area (TPSA) is 82.4 Å². The second-order valence-corrected chi connectivity index (χ2v) is 2.91. The van der Waals surface area contributed by atoms with Crippen molar-refractivity contribution in [1.29, 1.82) is 0 Å². The minimum Gasteiger partial charge on any atom is -0.759 e. The van der Waals surface area contributed by atoms with Crippen LogP contribution in [-0.4, -0.2) is 5.91 Å². The Labute approximate surface area is 112 Å². The fourth-order valence-corrected chi connectivity index (χ4v) is 1.29. The minimum atomic E-state index is -0.991. The van der Waals surface area contributed by atoms with E-state index in [1.165, 1.54) is 6.07 Å². The Kier molecular flexibility index (Phi) is 4.26. The van der Waals surface area contributed by atoms with Gasteiger partial charge in [0.05, 0.1) is 5.39 Å². The number of benzene rings is 1. The Morgan fingerprint density at radius 1 is 1.31 bits per heavy atom. The van der Waals surface area contributed by atoms with E-state index in [4.69, 9.17) is 4.42 Å². The molecule has 1 amide bonds. The van der Waals surface area contributed by atoms with Gasteiger partial charge in [-0.3, -0.25) is 9.59 Å². The van der Waals surface area contributed by atoms with E-state index in [-0.39, 0.29) is 40.5 Å². The van der Waals surface area contributed by atoms with Crippen molar-refractivity contribution < 1.29 is 38.8 Å². The van der Waals surface area contributed by atoms with Crippen LogP contribution in [0, 0.1) is 5.21 Å². The number of hydroxylamine groups is 1. The zero-order chi connectivity index (χ0) is 10.8. The fourth-order valence-electron chi connectivity index (χ4n) is 1.29. The molecule has 1 heterocycles. The van der Waals surface area contributed by atoms with Gasteiger partial charge in [0.15, 0.2) is 0 Å². The summed E-state index contributed by atoms with van der Waals surface area (Å²) in [5.41, 5.74) is 0.720. The second kappa shape index (κ2) is 5.27.